The maximum atomic E-state index is 13.0. The number of halogens is 4. The van der Waals surface area contributed by atoms with Gasteiger partial charge in [-0.05, 0) is 12.1 Å². The van der Waals surface area contributed by atoms with Crippen LogP contribution in [0, 0.1) is 0 Å². The van der Waals surface area contributed by atoms with Gasteiger partial charge in [0.15, 0.2) is 11.2 Å². The topological polar surface area (TPSA) is 152 Å². The predicted octanol–water partition coefficient (Wildman–Crippen LogP) is 0.494. The largest absolute Gasteiger partial charge is 0.491 e. The van der Waals surface area contributed by atoms with Crippen molar-refractivity contribution in [3.63, 3.8) is 0 Å². The number of para-hydroxylation sites is 1. The highest BCUT2D eigenvalue weighted by atomic mass is 35.5. The number of aromatic amines is 1. The minimum Gasteiger partial charge on any atom is -0.396 e. The van der Waals surface area contributed by atoms with Gasteiger partial charge in [0, 0.05) is 39.2 Å². The average Bonchev–Trinajstić information content (AvgIpc) is 3.24. The summed E-state index contributed by atoms with van der Waals surface area (Å²) in [6.45, 7) is 1.24. The molecule has 1 atom stereocenters. The van der Waals surface area contributed by atoms with Crippen molar-refractivity contribution < 1.29 is 32.6 Å². The number of hydrogen-bond acceptors (Lipinski definition) is 9. The molecule has 198 valence electrons. The molecule has 3 aromatic rings. The fourth-order valence-corrected chi connectivity index (χ4v) is 4.22. The summed E-state index contributed by atoms with van der Waals surface area (Å²) >= 11 is 6.40. The number of esters is 2. The Bertz CT molecular complexity index is 1460. The molecule has 1 fully saturated rings. The molecule has 0 amide bonds. The number of fused-ring (bicyclic) bond motifs is 1. The van der Waals surface area contributed by atoms with Crippen LogP contribution in [0.3, 0.4) is 0 Å². The molecular weight excluding hydrogens is 525 g/mol. The van der Waals surface area contributed by atoms with E-state index in [1.807, 2.05) is 4.98 Å². The molecule has 2 aromatic heterocycles. The number of carbonyl (C=O) groups excluding carboxylic acids is 2. The van der Waals surface area contributed by atoms with Gasteiger partial charge in [0.2, 0.25) is 5.95 Å². The van der Waals surface area contributed by atoms with Gasteiger partial charge in [-0.2, -0.15) is 18.2 Å². The van der Waals surface area contributed by atoms with E-state index >= 15 is 0 Å². The molecule has 1 aliphatic rings. The molecule has 1 aromatic carbocycles. The number of alkyl halides is 3. The minimum atomic E-state index is -5.48. The first-order valence-electron chi connectivity index (χ1n) is 11.0. The maximum absolute atomic E-state index is 13.0. The Hall–Kier alpha value is -3.69. The summed E-state index contributed by atoms with van der Waals surface area (Å²) in [5.41, 5.74) is -2.42. The standard InChI is InChI=1S/C21H20ClF3N6O6/c22-11-3-1-2-4-12(11)30-14-15(27-19(30)29-8-6-26-7-9-29)31(20(36)28-16(14)33)13(5-10-32)17(34)37-18(35)21(23,24)25/h1-4,13,26,32H,5-10H2,(H,28,33,36). The van der Waals surface area contributed by atoms with Crippen molar-refractivity contribution in [1.29, 1.82) is 0 Å². The molecule has 1 unspecified atom stereocenters. The van der Waals surface area contributed by atoms with Crippen LogP contribution in [0.15, 0.2) is 33.9 Å². The summed E-state index contributed by atoms with van der Waals surface area (Å²) < 4.78 is 44.0. The Labute approximate surface area is 210 Å². The molecule has 1 aliphatic heterocycles. The second kappa shape index (κ2) is 10.4. The number of anilines is 1. The lowest BCUT2D eigenvalue weighted by molar-refractivity contribution is -0.203. The number of carbonyl (C=O) groups is 2. The predicted molar refractivity (Wildman–Crippen MR) is 124 cm³/mol. The molecule has 3 N–H and O–H groups in total. The van der Waals surface area contributed by atoms with Crippen molar-refractivity contribution in [3.05, 3.63) is 50.1 Å². The van der Waals surface area contributed by atoms with E-state index < -0.39 is 48.4 Å². The number of aromatic nitrogens is 4. The van der Waals surface area contributed by atoms with Crippen LogP contribution in [0.2, 0.25) is 5.02 Å². The molecule has 0 radical (unpaired) electrons. The molecule has 0 saturated carbocycles. The normalized spacial score (nSPS) is 15.1. The highest BCUT2D eigenvalue weighted by Crippen LogP contribution is 2.31. The van der Waals surface area contributed by atoms with E-state index in [0.29, 0.717) is 36.4 Å². The van der Waals surface area contributed by atoms with E-state index in [0.717, 1.165) is 0 Å². The van der Waals surface area contributed by atoms with Crippen molar-refractivity contribution in [2.75, 3.05) is 37.7 Å². The summed E-state index contributed by atoms with van der Waals surface area (Å²) in [5, 5.41) is 12.9. The summed E-state index contributed by atoms with van der Waals surface area (Å²) in [6.07, 6.45) is -6.10. The Kier molecular flexibility index (Phi) is 7.38. The monoisotopic (exact) mass is 544 g/mol. The van der Waals surface area contributed by atoms with Gasteiger partial charge in [0.25, 0.3) is 5.56 Å². The highest BCUT2D eigenvalue weighted by Gasteiger charge is 2.44. The summed E-state index contributed by atoms with van der Waals surface area (Å²) in [6, 6.07) is 4.52. The number of aliphatic hydroxyl groups excluding tert-OH is 1. The van der Waals surface area contributed by atoms with Gasteiger partial charge in [-0.1, -0.05) is 23.7 Å². The Morgan fingerprint density at radius 1 is 1.19 bits per heavy atom. The quantitative estimate of drug-likeness (QED) is 0.297. The first kappa shape index (κ1) is 26.4. The zero-order chi connectivity index (χ0) is 26.9. The maximum Gasteiger partial charge on any atom is 0.491 e. The smallest absolute Gasteiger partial charge is 0.396 e. The lowest BCUT2D eigenvalue weighted by Crippen LogP contribution is -2.44. The van der Waals surface area contributed by atoms with Crippen molar-refractivity contribution in [1.82, 2.24) is 24.4 Å². The number of nitrogens with one attached hydrogen (secondary N) is 2. The number of rotatable bonds is 6. The zero-order valence-electron chi connectivity index (χ0n) is 18.9. The van der Waals surface area contributed by atoms with Crippen LogP contribution in [0.5, 0.6) is 0 Å². The van der Waals surface area contributed by atoms with Gasteiger partial charge in [-0.3, -0.25) is 18.9 Å². The van der Waals surface area contributed by atoms with Gasteiger partial charge in [0.05, 0.1) is 10.7 Å². The van der Waals surface area contributed by atoms with Crippen LogP contribution >= 0.6 is 11.6 Å². The molecule has 16 heteroatoms. The number of piperazine rings is 1. The van der Waals surface area contributed by atoms with E-state index in [9.17, 15) is 37.5 Å². The first-order valence-corrected chi connectivity index (χ1v) is 11.3. The van der Waals surface area contributed by atoms with Crippen LogP contribution in [0.1, 0.15) is 12.5 Å². The summed E-state index contributed by atoms with van der Waals surface area (Å²) in [4.78, 5) is 58.1. The average molecular weight is 545 g/mol. The second-order valence-corrected chi connectivity index (χ2v) is 8.38. The van der Waals surface area contributed by atoms with Gasteiger partial charge >= 0.3 is 23.8 Å². The molecule has 3 heterocycles. The van der Waals surface area contributed by atoms with E-state index in [1.165, 1.54) is 4.57 Å². The molecule has 0 aliphatic carbocycles. The summed E-state index contributed by atoms with van der Waals surface area (Å²) in [5.74, 6) is -4.38. The number of hydrogen-bond donors (Lipinski definition) is 3. The molecule has 0 spiro atoms. The number of aliphatic hydroxyl groups is 1. The van der Waals surface area contributed by atoms with Gasteiger partial charge in [0.1, 0.15) is 6.04 Å². The molecule has 4 rings (SSSR count). The van der Waals surface area contributed by atoms with Crippen LogP contribution in [0.25, 0.3) is 16.9 Å². The summed E-state index contributed by atoms with van der Waals surface area (Å²) in [7, 11) is 0. The fraction of sp³-hybridized carbons (Fsp3) is 0.381. The lowest BCUT2D eigenvalue weighted by Gasteiger charge is -2.28. The lowest BCUT2D eigenvalue weighted by atomic mass is 10.2. The second-order valence-electron chi connectivity index (χ2n) is 7.97. The molecule has 1 saturated heterocycles. The van der Waals surface area contributed by atoms with Crippen LogP contribution in [-0.2, 0) is 14.3 Å². The zero-order valence-corrected chi connectivity index (χ0v) is 19.7. The van der Waals surface area contributed by atoms with Gasteiger partial charge < -0.3 is 20.1 Å². The van der Waals surface area contributed by atoms with Crippen LogP contribution < -0.4 is 21.5 Å². The third-order valence-electron chi connectivity index (χ3n) is 5.63. The van der Waals surface area contributed by atoms with Gasteiger partial charge in [-0.15, -0.1) is 0 Å². The van der Waals surface area contributed by atoms with E-state index in [1.54, 1.807) is 29.2 Å². The van der Waals surface area contributed by atoms with E-state index in [4.69, 9.17) is 11.6 Å². The Morgan fingerprint density at radius 2 is 1.86 bits per heavy atom. The number of benzene rings is 1. The minimum absolute atomic E-state index is 0.178. The molecule has 12 nitrogen and oxygen atoms in total. The highest BCUT2D eigenvalue weighted by molar-refractivity contribution is 6.32. The molecule has 0 bridgehead atoms. The van der Waals surface area contributed by atoms with E-state index in [2.05, 4.69) is 15.0 Å². The van der Waals surface area contributed by atoms with Crippen molar-refractivity contribution >= 4 is 40.7 Å². The number of imidazole rings is 1. The first-order chi connectivity index (χ1) is 17.5. The van der Waals surface area contributed by atoms with Crippen molar-refractivity contribution in [2.45, 2.75) is 18.6 Å². The third-order valence-corrected chi connectivity index (χ3v) is 5.95. The SMILES string of the molecule is O=C(OC(=O)C(F)(F)F)C(CCO)n1c(=O)[nH]c(=O)c2c1nc(N1CCNCC1)n2-c1ccccc1Cl. The number of ether oxygens (including phenoxy) is 1. The Balaban J connectivity index is 1.99. The van der Waals surface area contributed by atoms with Crippen molar-refractivity contribution in [3.8, 4) is 5.69 Å². The van der Waals surface area contributed by atoms with E-state index in [-0.39, 0.29) is 22.1 Å². The number of H-pyrrole nitrogens is 1. The van der Waals surface area contributed by atoms with Crippen LogP contribution in [0.4, 0.5) is 19.1 Å². The molecular formula is C21H20ClF3N6O6. The number of nitrogens with zero attached hydrogens (tertiary/aromatic N) is 4. The third kappa shape index (κ3) is 5.10. The Morgan fingerprint density at radius 3 is 2.49 bits per heavy atom. The fourth-order valence-electron chi connectivity index (χ4n) is 4.00. The van der Waals surface area contributed by atoms with Gasteiger partial charge in [-0.25, -0.2) is 14.4 Å². The molecule has 37 heavy (non-hydrogen) atoms. The van der Waals surface area contributed by atoms with Crippen LogP contribution in [-0.4, -0.2) is 75.1 Å². The van der Waals surface area contributed by atoms with Crippen molar-refractivity contribution in [2.24, 2.45) is 0 Å².